The molecule has 156 valence electrons. The Morgan fingerprint density at radius 2 is 1.86 bits per heavy atom. The molecule has 2 amide bonds. The highest BCUT2D eigenvalue weighted by Gasteiger charge is 2.28. The fraction of sp³-hybridized carbons (Fsp3) is 0.333. The SMILES string of the molecule is COc1cccc(NC(=O)COc2ccc(C(=O)NCC(N)C3CC3)cc2)c1.Cl. The number of carbonyl (C=O) groups excluding carboxylic acids is 2. The van der Waals surface area contributed by atoms with E-state index in [9.17, 15) is 9.59 Å². The standard InChI is InChI=1S/C21H25N3O4.ClH/c1-27-18-4-2-3-16(11-18)24-20(25)13-28-17-9-7-15(8-10-17)21(26)23-12-19(22)14-5-6-14;/h2-4,7-11,14,19H,5-6,12-13,22H2,1H3,(H,23,26)(H,24,25);1H. The zero-order chi connectivity index (χ0) is 19.9. The lowest BCUT2D eigenvalue weighted by molar-refractivity contribution is -0.118. The highest BCUT2D eigenvalue weighted by atomic mass is 35.5. The van der Waals surface area contributed by atoms with Crippen molar-refractivity contribution in [3.8, 4) is 11.5 Å². The summed E-state index contributed by atoms with van der Waals surface area (Å²) < 4.78 is 10.6. The van der Waals surface area contributed by atoms with Gasteiger partial charge in [0, 0.05) is 29.9 Å². The number of amides is 2. The van der Waals surface area contributed by atoms with Gasteiger partial charge in [0.05, 0.1) is 7.11 Å². The van der Waals surface area contributed by atoms with Crippen LogP contribution in [-0.2, 0) is 4.79 Å². The molecule has 0 aromatic heterocycles. The summed E-state index contributed by atoms with van der Waals surface area (Å²) in [6.07, 6.45) is 2.29. The van der Waals surface area contributed by atoms with Crippen molar-refractivity contribution < 1.29 is 19.1 Å². The molecule has 0 heterocycles. The van der Waals surface area contributed by atoms with Crippen LogP contribution in [-0.4, -0.2) is 38.1 Å². The molecule has 2 aromatic carbocycles. The van der Waals surface area contributed by atoms with Crippen LogP contribution in [0.25, 0.3) is 0 Å². The molecule has 7 nitrogen and oxygen atoms in total. The highest BCUT2D eigenvalue weighted by molar-refractivity contribution is 5.94. The molecule has 1 fully saturated rings. The van der Waals surface area contributed by atoms with Gasteiger partial charge in [-0.2, -0.15) is 0 Å². The van der Waals surface area contributed by atoms with Crippen molar-refractivity contribution in [2.24, 2.45) is 11.7 Å². The van der Waals surface area contributed by atoms with Crippen LogP contribution in [0.5, 0.6) is 11.5 Å². The van der Waals surface area contributed by atoms with E-state index >= 15 is 0 Å². The molecule has 3 rings (SSSR count). The average molecular weight is 420 g/mol. The Morgan fingerprint density at radius 1 is 1.14 bits per heavy atom. The lowest BCUT2D eigenvalue weighted by Gasteiger charge is -2.12. The molecule has 1 aliphatic carbocycles. The van der Waals surface area contributed by atoms with E-state index in [0.29, 0.717) is 35.2 Å². The predicted octanol–water partition coefficient (Wildman–Crippen LogP) is 2.60. The minimum Gasteiger partial charge on any atom is -0.497 e. The van der Waals surface area contributed by atoms with E-state index in [0.717, 1.165) is 12.8 Å². The second-order valence-corrected chi connectivity index (χ2v) is 6.80. The van der Waals surface area contributed by atoms with Crippen LogP contribution in [0.4, 0.5) is 5.69 Å². The fourth-order valence-electron chi connectivity index (χ4n) is 2.75. The Balaban J connectivity index is 0.00000300. The highest BCUT2D eigenvalue weighted by Crippen LogP contribution is 2.31. The summed E-state index contributed by atoms with van der Waals surface area (Å²) in [5.74, 6) is 1.25. The molecule has 1 saturated carbocycles. The van der Waals surface area contributed by atoms with Gasteiger partial charge in [0.15, 0.2) is 6.61 Å². The predicted molar refractivity (Wildman–Crippen MR) is 114 cm³/mol. The van der Waals surface area contributed by atoms with Crippen molar-refractivity contribution in [1.82, 2.24) is 5.32 Å². The number of ether oxygens (including phenoxy) is 2. The maximum Gasteiger partial charge on any atom is 0.262 e. The Hall–Kier alpha value is -2.77. The van der Waals surface area contributed by atoms with Crippen LogP contribution in [0.1, 0.15) is 23.2 Å². The molecule has 0 bridgehead atoms. The molecule has 8 heteroatoms. The van der Waals surface area contributed by atoms with Crippen molar-refractivity contribution >= 4 is 29.9 Å². The lowest BCUT2D eigenvalue weighted by atomic mass is 10.1. The second kappa shape index (κ2) is 10.7. The number of carbonyl (C=O) groups is 2. The number of hydrogen-bond acceptors (Lipinski definition) is 5. The average Bonchev–Trinajstić information content (AvgIpc) is 3.56. The van der Waals surface area contributed by atoms with Crippen molar-refractivity contribution in [3.05, 3.63) is 54.1 Å². The summed E-state index contributed by atoms with van der Waals surface area (Å²) in [5, 5.41) is 5.59. The normalized spacial score (nSPS) is 13.6. The summed E-state index contributed by atoms with van der Waals surface area (Å²) in [4.78, 5) is 24.2. The van der Waals surface area contributed by atoms with Gasteiger partial charge in [-0.25, -0.2) is 0 Å². The third-order valence-electron chi connectivity index (χ3n) is 4.57. The van der Waals surface area contributed by atoms with Gasteiger partial charge in [0.1, 0.15) is 11.5 Å². The van der Waals surface area contributed by atoms with Crippen molar-refractivity contribution in [2.75, 3.05) is 25.6 Å². The Bertz CT molecular complexity index is 825. The van der Waals surface area contributed by atoms with Gasteiger partial charge >= 0.3 is 0 Å². The summed E-state index contributed by atoms with van der Waals surface area (Å²) in [6, 6.07) is 13.7. The molecule has 1 unspecified atom stereocenters. The number of methoxy groups -OCH3 is 1. The summed E-state index contributed by atoms with van der Waals surface area (Å²) in [7, 11) is 1.56. The first-order chi connectivity index (χ1) is 13.5. The number of nitrogens with two attached hydrogens (primary N) is 1. The van der Waals surface area contributed by atoms with Crippen LogP contribution in [0.15, 0.2) is 48.5 Å². The quantitative estimate of drug-likeness (QED) is 0.579. The second-order valence-electron chi connectivity index (χ2n) is 6.80. The molecule has 0 spiro atoms. The van der Waals surface area contributed by atoms with E-state index in [1.807, 2.05) is 0 Å². The number of anilines is 1. The minimum atomic E-state index is -0.288. The van der Waals surface area contributed by atoms with Crippen molar-refractivity contribution in [3.63, 3.8) is 0 Å². The third kappa shape index (κ3) is 6.96. The zero-order valence-corrected chi connectivity index (χ0v) is 17.0. The van der Waals surface area contributed by atoms with Crippen LogP contribution in [0.3, 0.4) is 0 Å². The largest absolute Gasteiger partial charge is 0.497 e. The monoisotopic (exact) mass is 419 g/mol. The third-order valence-corrected chi connectivity index (χ3v) is 4.57. The molecule has 29 heavy (non-hydrogen) atoms. The van der Waals surface area contributed by atoms with E-state index in [1.165, 1.54) is 0 Å². The van der Waals surface area contributed by atoms with E-state index in [4.69, 9.17) is 15.2 Å². The molecule has 4 N–H and O–H groups in total. The fourth-order valence-corrected chi connectivity index (χ4v) is 2.75. The molecule has 0 radical (unpaired) electrons. The van der Waals surface area contributed by atoms with E-state index in [1.54, 1.807) is 55.6 Å². The van der Waals surface area contributed by atoms with Crippen molar-refractivity contribution in [1.29, 1.82) is 0 Å². The number of halogens is 1. The first-order valence-corrected chi connectivity index (χ1v) is 9.25. The molecular formula is C21H26ClN3O4. The number of rotatable bonds is 9. The van der Waals surface area contributed by atoms with E-state index in [-0.39, 0.29) is 36.9 Å². The maximum atomic E-state index is 12.1. The lowest BCUT2D eigenvalue weighted by Crippen LogP contribution is -2.38. The first-order valence-electron chi connectivity index (χ1n) is 9.25. The minimum absolute atomic E-state index is 0. The van der Waals surface area contributed by atoms with E-state index in [2.05, 4.69) is 10.6 Å². The van der Waals surface area contributed by atoms with Crippen LogP contribution >= 0.6 is 12.4 Å². The number of benzene rings is 2. The summed E-state index contributed by atoms with van der Waals surface area (Å²) >= 11 is 0. The molecule has 1 atom stereocenters. The molecule has 0 saturated heterocycles. The molecule has 0 aliphatic heterocycles. The Morgan fingerprint density at radius 3 is 2.52 bits per heavy atom. The Labute approximate surface area is 176 Å². The van der Waals surface area contributed by atoms with Crippen LogP contribution in [0, 0.1) is 5.92 Å². The number of nitrogens with one attached hydrogen (secondary N) is 2. The van der Waals surface area contributed by atoms with Gasteiger partial charge < -0.3 is 25.8 Å². The van der Waals surface area contributed by atoms with Gasteiger partial charge in [0.2, 0.25) is 0 Å². The zero-order valence-electron chi connectivity index (χ0n) is 16.2. The molecular weight excluding hydrogens is 394 g/mol. The van der Waals surface area contributed by atoms with Crippen LogP contribution in [0.2, 0.25) is 0 Å². The van der Waals surface area contributed by atoms with Crippen molar-refractivity contribution in [2.45, 2.75) is 18.9 Å². The topological polar surface area (TPSA) is 103 Å². The van der Waals surface area contributed by atoms with Gasteiger partial charge in [-0.3, -0.25) is 9.59 Å². The smallest absolute Gasteiger partial charge is 0.262 e. The Kier molecular flexibility index (Phi) is 8.30. The molecule has 2 aromatic rings. The van der Waals surface area contributed by atoms with E-state index < -0.39 is 0 Å². The molecule has 1 aliphatic rings. The summed E-state index contributed by atoms with van der Waals surface area (Å²) in [6.45, 7) is 0.338. The van der Waals surface area contributed by atoms with Gasteiger partial charge in [0.25, 0.3) is 11.8 Å². The summed E-state index contributed by atoms with van der Waals surface area (Å²) in [5.41, 5.74) is 7.14. The first kappa shape index (κ1) is 22.5. The van der Waals surface area contributed by atoms with Gasteiger partial charge in [-0.05, 0) is 55.2 Å². The van der Waals surface area contributed by atoms with Gasteiger partial charge in [-0.15, -0.1) is 12.4 Å². The maximum absolute atomic E-state index is 12.1. The van der Waals surface area contributed by atoms with Gasteiger partial charge in [-0.1, -0.05) is 6.07 Å². The number of hydrogen-bond donors (Lipinski definition) is 3. The van der Waals surface area contributed by atoms with Crippen LogP contribution < -0.4 is 25.8 Å².